The van der Waals surface area contributed by atoms with Gasteiger partial charge in [0.1, 0.15) is 5.82 Å². The molecule has 3 heterocycles. The highest BCUT2D eigenvalue weighted by Crippen LogP contribution is 2.07. The molecular weight excluding hydrogens is 242 g/mol. The van der Waals surface area contributed by atoms with Gasteiger partial charge in [-0.2, -0.15) is 20.1 Å². The number of nitrogens with zero attached hydrogens (tertiary/aromatic N) is 6. The molecule has 0 unspecified atom stereocenters. The van der Waals surface area contributed by atoms with E-state index in [2.05, 4.69) is 25.0 Å². The van der Waals surface area contributed by atoms with Crippen molar-refractivity contribution in [1.82, 2.24) is 29.7 Å². The molecule has 7 heteroatoms. The molecule has 0 aliphatic heterocycles. The summed E-state index contributed by atoms with van der Waals surface area (Å²) >= 11 is 0. The van der Waals surface area contributed by atoms with Crippen molar-refractivity contribution in [1.29, 1.82) is 0 Å². The molecule has 0 saturated heterocycles. The van der Waals surface area contributed by atoms with Crippen LogP contribution in [-0.2, 0) is 6.42 Å². The summed E-state index contributed by atoms with van der Waals surface area (Å²) in [7, 11) is 0. The van der Waals surface area contributed by atoms with Crippen molar-refractivity contribution in [3.8, 4) is 5.95 Å². The first-order valence-electron chi connectivity index (χ1n) is 5.70. The molecular formula is C12H11N7. The van der Waals surface area contributed by atoms with Crippen molar-refractivity contribution in [3.05, 3.63) is 54.4 Å². The van der Waals surface area contributed by atoms with E-state index in [9.17, 15) is 0 Å². The Morgan fingerprint density at radius 1 is 1.11 bits per heavy atom. The maximum absolute atomic E-state index is 5.70. The second-order valence-corrected chi connectivity index (χ2v) is 3.90. The number of pyridine rings is 1. The molecule has 0 fully saturated rings. The first kappa shape index (κ1) is 11.3. The fourth-order valence-corrected chi connectivity index (χ4v) is 1.68. The highest BCUT2D eigenvalue weighted by Gasteiger charge is 2.07. The SMILES string of the molecule is Nc1nc(Cc2cccnc2)nc(-n2cccn2)n1. The van der Waals surface area contributed by atoms with Gasteiger partial charge in [0.15, 0.2) is 0 Å². The van der Waals surface area contributed by atoms with Gasteiger partial charge in [-0.25, -0.2) is 4.68 Å². The molecule has 0 bridgehead atoms. The summed E-state index contributed by atoms with van der Waals surface area (Å²) in [5.74, 6) is 1.18. The topological polar surface area (TPSA) is 95.4 Å². The molecule has 3 rings (SSSR count). The number of hydrogen-bond acceptors (Lipinski definition) is 6. The quantitative estimate of drug-likeness (QED) is 0.735. The van der Waals surface area contributed by atoms with Crippen molar-refractivity contribution in [3.63, 3.8) is 0 Å². The third-order valence-electron chi connectivity index (χ3n) is 2.48. The van der Waals surface area contributed by atoms with Gasteiger partial charge in [0.25, 0.3) is 5.95 Å². The van der Waals surface area contributed by atoms with Gasteiger partial charge in [0.05, 0.1) is 0 Å². The van der Waals surface area contributed by atoms with Gasteiger partial charge in [-0.1, -0.05) is 6.07 Å². The summed E-state index contributed by atoms with van der Waals surface area (Å²) in [5.41, 5.74) is 6.71. The lowest BCUT2D eigenvalue weighted by atomic mass is 10.2. The van der Waals surface area contributed by atoms with Crippen LogP contribution in [0, 0.1) is 0 Å². The van der Waals surface area contributed by atoms with Crippen LogP contribution >= 0.6 is 0 Å². The Kier molecular flexibility index (Phi) is 2.85. The Hall–Kier alpha value is -2.83. The third-order valence-corrected chi connectivity index (χ3v) is 2.48. The molecule has 2 N–H and O–H groups in total. The van der Waals surface area contributed by atoms with Crippen molar-refractivity contribution in [2.75, 3.05) is 5.73 Å². The molecule has 19 heavy (non-hydrogen) atoms. The fourth-order valence-electron chi connectivity index (χ4n) is 1.68. The zero-order valence-corrected chi connectivity index (χ0v) is 10.0. The molecule has 3 aromatic heterocycles. The molecule has 0 aromatic carbocycles. The van der Waals surface area contributed by atoms with E-state index >= 15 is 0 Å². The monoisotopic (exact) mass is 253 g/mol. The minimum Gasteiger partial charge on any atom is -0.368 e. The normalized spacial score (nSPS) is 10.5. The fraction of sp³-hybridized carbons (Fsp3) is 0.0833. The molecule has 0 aliphatic rings. The number of aromatic nitrogens is 6. The first-order valence-corrected chi connectivity index (χ1v) is 5.70. The van der Waals surface area contributed by atoms with Crippen LogP contribution in [0.1, 0.15) is 11.4 Å². The summed E-state index contributed by atoms with van der Waals surface area (Å²) in [5, 5.41) is 4.07. The van der Waals surface area contributed by atoms with E-state index in [1.54, 1.807) is 35.5 Å². The molecule has 94 valence electrons. The van der Waals surface area contributed by atoms with Crippen LogP contribution < -0.4 is 5.73 Å². The lowest BCUT2D eigenvalue weighted by molar-refractivity contribution is 0.777. The molecule has 0 spiro atoms. The predicted molar refractivity (Wildman–Crippen MR) is 68.4 cm³/mol. The Morgan fingerprint density at radius 3 is 2.79 bits per heavy atom. The Morgan fingerprint density at radius 2 is 2.05 bits per heavy atom. The van der Waals surface area contributed by atoms with Gasteiger partial charge < -0.3 is 5.73 Å². The Balaban J connectivity index is 1.94. The maximum atomic E-state index is 5.70. The Bertz CT molecular complexity index is 664. The van der Waals surface area contributed by atoms with E-state index in [0.717, 1.165) is 5.56 Å². The highest BCUT2D eigenvalue weighted by atomic mass is 15.4. The van der Waals surface area contributed by atoms with Crippen LogP contribution in [0.15, 0.2) is 43.0 Å². The molecule has 7 nitrogen and oxygen atoms in total. The minimum absolute atomic E-state index is 0.180. The van der Waals surface area contributed by atoms with E-state index < -0.39 is 0 Å². The van der Waals surface area contributed by atoms with E-state index in [0.29, 0.717) is 18.2 Å². The average Bonchev–Trinajstić information content (AvgIpc) is 2.93. The molecule has 0 saturated carbocycles. The van der Waals surface area contributed by atoms with Crippen LogP contribution in [-0.4, -0.2) is 29.7 Å². The lowest BCUT2D eigenvalue weighted by Gasteiger charge is -2.04. The summed E-state index contributed by atoms with van der Waals surface area (Å²) < 4.78 is 1.55. The van der Waals surface area contributed by atoms with Crippen LogP contribution in [0.4, 0.5) is 5.95 Å². The summed E-state index contributed by atoms with van der Waals surface area (Å²) in [4.78, 5) is 16.6. The highest BCUT2D eigenvalue weighted by molar-refractivity contribution is 5.25. The van der Waals surface area contributed by atoms with Crippen molar-refractivity contribution < 1.29 is 0 Å². The minimum atomic E-state index is 0.180. The summed E-state index contributed by atoms with van der Waals surface area (Å²) in [6.07, 6.45) is 7.45. The lowest BCUT2D eigenvalue weighted by Crippen LogP contribution is -2.10. The van der Waals surface area contributed by atoms with Crippen LogP contribution in [0.3, 0.4) is 0 Å². The zero-order chi connectivity index (χ0) is 13.1. The van der Waals surface area contributed by atoms with Crippen LogP contribution in [0.5, 0.6) is 0 Å². The van der Waals surface area contributed by atoms with Crippen LogP contribution in [0.25, 0.3) is 5.95 Å². The van der Waals surface area contributed by atoms with Crippen LogP contribution in [0.2, 0.25) is 0 Å². The number of anilines is 1. The van der Waals surface area contributed by atoms with E-state index in [1.165, 1.54) is 0 Å². The largest absolute Gasteiger partial charge is 0.368 e. The molecule has 0 radical (unpaired) electrons. The first-order chi connectivity index (χ1) is 9.31. The smallest absolute Gasteiger partial charge is 0.255 e. The summed E-state index contributed by atoms with van der Waals surface area (Å²) in [6, 6.07) is 5.62. The zero-order valence-electron chi connectivity index (χ0n) is 10.0. The van der Waals surface area contributed by atoms with E-state index in [-0.39, 0.29) is 5.95 Å². The van der Waals surface area contributed by atoms with Crippen molar-refractivity contribution in [2.45, 2.75) is 6.42 Å². The van der Waals surface area contributed by atoms with Gasteiger partial charge in [0.2, 0.25) is 5.95 Å². The van der Waals surface area contributed by atoms with Gasteiger partial charge in [-0.05, 0) is 17.7 Å². The molecule has 0 aliphatic carbocycles. The van der Waals surface area contributed by atoms with E-state index in [1.807, 2.05) is 12.1 Å². The van der Waals surface area contributed by atoms with E-state index in [4.69, 9.17) is 5.73 Å². The number of nitrogens with two attached hydrogens (primary N) is 1. The second kappa shape index (κ2) is 4.81. The van der Waals surface area contributed by atoms with Gasteiger partial charge >= 0.3 is 0 Å². The molecule has 0 amide bonds. The number of rotatable bonds is 3. The number of hydrogen-bond donors (Lipinski definition) is 1. The van der Waals surface area contributed by atoms with Crippen molar-refractivity contribution >= 4 is 5.95 Å². The maximum Gasteiger partial charge on any atom is 0.255 e. The Labute approximate surface area is 109 Å². The predicted octanol–water partition coefficient (Wildman–Crippen LogP) is 0.625. The third kappa shape index (κ3) is 2.54. The van der Waals surface area contributed by atoms with Gasteiger partial charge in [0, 0.05) is 31.2 Å². The van der Waals surface area contributed by atoms with Crippen molar-refractivity contribution in [2.24, 2.45) is 0 Å². The second-order valence-electron chi connectivity index (χ2n) is 3.90. The number of nitrogen functional groups attached to an aromatic ring is 1. The van der Waals surface area contributed by atoms with Gasteiger partial charge in [-0.15, -0.1) is 0 Å². The molecule has 3 aromatic rings. The average molecular weight is 253 g/mol. The molecule has 0 atom stereocenters. The van der Waals surface area contributed by atoms with Gasteiger partial charge in [-0.3, -0.25) is 4.98 Å². The standard InChI is InChI=1S/C12H11N7/c13-11-16-10(7-9-3-1-4-14-8-9)17-12(18-11)19-6-2-5-15-19/h1-6,8H,7H2,(H2,13,16,17,18). The summed E-state index contributed by atoms with van der Waals surface area (Å²) in [6.45, 7) is 0.